The van der Waals surface area contributed by atoms with Gasteiger partial charge in [-0.15, -0.1) is 5.92 Å². The molecule has 0 aliphatic rings. The van der Waals surface area contributed by atoms with Gasteiger partial charge in [-0.3, -0.25) is 18.1 Å². The van der Waals surface area contributed by atoms with Gasteiger partial charge in [0.15, 0.2) is 0 Å². The third kappa shape index (κ3) is 9.48. The molecule has 118 valence electrons. The normalized spacial score (nSPS) is 13.6. The van der Waals surface area contributed by atoms with Crippen LogP contribution in [0.25, 0.3) is 0 Å². The van der Waals surface area contributed by atoms with Crippen molar-refractivity contribution in [1.29, 1.82) is 0 Å². The Kier molecular flexibility index (Phi) is 9.30. The molecule has 1 unspecified atom stereocenters. The first-order chi connectivity index (χ1) is 9.26. The zero-order valence-electron chi connectivity index (χ0n) is 11.9. The van der Waals surface area contributed by atoms with Crippen LogP contribution >= 0.6 is 7.82 Å². The number of phosphoric ester groups is 1. The van der Waals surface area contributed by atoms with Crippen molar-refractivity contribution in [3.63, 3.8) is 0 Å². The summed E-state index contributed by atoms with van der Waals surface area (Å²) in [4.78, 5) is 0. The Labute approximate surface area is 120 Å². The van der Waals surface area contributed by atoms with Gasteiger partial charge in [-0.2, -0.15) is 8.42 Å². The minimum Gasteiger partial charge on any atom is -0.287 e. The van der Waals surface area contributed by atoms with Gasteiger partial charge in [0.2, 0.25) is 0 Å². The standard InChI is InChI=1S/C11H21O7PS/c1-4-7-11(10-20(13,14)15)8-9-18-19(12,16-5-2)17-6-3/h11H,5-6,8-10H2,1-3H3,(H,13,14,15). The molecule has 0 spiro atoms. The van der Waals surface area contributed by atoms with E-state index in [1.807, 2.05) is 0 Å². The summed E-state index contributed by atoms with van der Waals surface area (Å²) < 4.78 is 57.3. The Bertz CT molecular complexity index is 467. The molecule has 0 aromatic rings. The van der Waals surface area contributed by atoms with Gasteiger partial charge < -0.3 is 0 Å². The van der Waals surface area contributed by atoms with Gasteiger partial charge in [0.05, 0.1) is 25.6 Å². The Balaban J connectivity index is 4.47. The van der Waals surface area contributed by atoms with Gasteiger partial charge in [-0.1, -0.05) is 5.92 Å². The number of hydrogen-bond donors (Lipinski definition) is 1. The largest absolute Gasteiger partial charge is 0.474 e. The molecule has 0 aromatic carbocycles. The molecule has 0 aliphatic heterocycles. The lowest BCUT2D eigenvalue weighted by Gasteiger charge is -2.17. The predicted octanol–water partition coefficient (Wildman–Crippen LogP) is 2.10. The Morgan fingerprint density at radius 3 is 2.15 bits per heavy atom. The average Bonchev–Trinajstić information content (AvgIpc) is 2.27. The van der Waals surface area contributed by atoms with Crippen LogP contribution in [-0.2, 0) is 28.3 Å². The molecule has 20 heavy (non-hydrogen) atoms. The van der Waals surface area contributed by atoms with Crippen LogP contribution < -0.4 is 0 Å². The van der Waals surface area contributed by atoms with Crippen molar-refractivity contribution in [2.75, 3.05) is 25.6 Å². The van der Waals surface area contributed by atoms with E-state index in [4.69, 9.17) is 18.1 Å². The van der Waals surface area contributed by atoms with Gasteiger partial charge in [-0.05, 0) is 27.2 Å². The maximum atomic E-state index is 12.0. The van der Waals surface area contributed by atoms with Gasteiger partial charge in [0, 0.05) is 5.92 Å². The molecule has 7 nitrogen and oxygen atoms in total. The molecule has 0 amide bonds. The van der Waals surface area contributed by atoms with Crippen molar-refractivity contribution in [3.05, 3.63) is 0 Å². The highest BCUT2D eigenvalue weighted by atomic mass is 32.2. The van der Waals surface area contributed by atoms with E-state index in [0.29, 0.717) is 0 Å². The van der Waals surface area contributed by atoms with Crippen molar-refractivity contribution in [2.24, 2.45) is 5.92 Å². The zero-order chi connectivity index (χ0) is 15.6. The van der Waals surface area contributed by atoms with E-state index in [0.717, 1.165) is 0 Å². The molecule has 0 aromatic heterocycles. The molecule has 0 saturated heterocycles. The molecular weight excluding hydrogens is 307 g/mol. The van der Waals surface area contributed by atoms with Crippen molar-refractivity contribution < 1.29 is 31.1 Å². The second-order valence-corrected chi connectivity index (χ2v) is 6.91. The predicted molar refractivity (Wildman–Crippen MR) is 74.8 cm³/mol. The van der Waals surface area contributed by atoms with E-state index in [9.17, 15) is 13.0 Å². The molecule has 0 saturated carbocycles. The van der Waals surface area contributed by atoms with Crippen LogP contribution in [0.4, 0.5) is 0 Å². The number of hydrogen-bond acceptors (Lipinski definition) is 6. The molecule has 0 bridgehead atoms. The molecule has 0 radical (unpaired) electrons. The van der Waals surface area contributed by atoms with E-state index >= 15 is 0 Å². The van der Waals surface area contributed by atoms with E-state index in [1.54, 1.807) is 20.8 Å². The van der Waals surface area contributed by atoms with Crippen molar-refractivity contribution >= 4 is 17.9 Å². The SMILES string of the molecule is CC#CC(CCOP(=O)(OCC)OCC)CS(=O)(=O)O. The first-order valence-electron chi connectivity index (χ1n) is 6.17. The van der Waals surface area contributed by atoms with Crippen LogP contribution in [0, 0.1) is 17.8 Å². The summed E-state index contributed by atoms with van der Waals surface area (Å²) >= 11 is 0. The van der Waals surface area contributed by atoms with Gasteiger partial charge in [-0.25, -0.2) is 4.57 Å². The third-order valence-corrected chi connectivity index (χ3v) is 4.52. The first-order valence-corrected chi connectivity index (χ1v) is 9.24. The van der Waals surface area contributed by atoms with E-state index < -0.39 is 29.6 Å². The number of rotatable bonds is 10. The average molecular weight is 328 g/mol. The lowest BCUT2D eigenvalue weighted by molar-refractivity contribution is 0.119. The quantitative estimate of drug-likeness (QED) is 0.372. The Morgan fingerprint density at radius 1 is 1.20 bits per heavy atom. The van der Waals surface area contributed by atoms with Crippen molar-refractivity contribution in [2.45, 2.75) is 27.2 Å². The maximum Gasteiger partial charge on any atom is 0.474 e. The van der Waals surface area contributed by atoms with Crippen molar-refractivity contribution in [1.82, 2.24) is 0 Å². The van der Waals surface area contributed by atoms with Crippen LogP contribution in [0.15, 0.2) is 0 Å². The van der Waals surface area contributed by atoms with E-state index in [1.165, 1.54) is 0 Å². The molecule has 0 aliphatic carbocycles. The minimum atomic E-state index is -4.12. The van der Waals surface area contributed by atoms with Gasteiger partial charge >= 0.3 is 7.82 Å². The topological polar surface area (TPSA) is 99.1 Å². The smallest absolute Gasteiger partial charge is 0.287 e. The molecular formula is C11H21O7PS. The number of phosphoric acid groups is 1. The molecule has 0 rings (SSSR count). The second-order valence-electron chi connectivity index (χ2n) is 3.74. The lowest BCUT2D eigenvalue weighted by Crippen LogP contribution is -2.16. The molecule has 9 heteroatoms. The summed E-state index contributed by atoms with van der Waals surface area (Å²) in [5.41, 5.74) is 0. The van der Waals surface area contributed by atoms with Crippen LogP contribution in [0.5, 0.6) is 0 Å². The molecule has 0 fully saturated rings. The summed E-state index contributed by atoms with van der Waals surface area (Å²) in [6.45, 7) is 5.15. The third-order valence-electron chi connectivity index (χ3n) is 2.05. The highest BCUT2D eigenvalue weighted by Gasteiger charge is 2.26. The minimum absolute atomic E-state index is 0.0495. The van der Waals surface area contributed by atoms with Crippen LogP contribution in [-0.4, -0.2) is 38.5 Å². The summed E-state index contributed by atoms with van der Waals surface area (Å²) in [5, 5.41) is 0. The van der Waals surface area contributed by atoms with Crippen molar-refractivity contribution in [3.8, 4) is 11.8 Å². The zero-order valence-corrected chi connectivity index (χ0v) is 13.6. The van der Waals surface area contributed by atoms with Crippen LogP contribution in [0.3, 0.4) is 0 Å². The Morgan fingerprint density at radius 2 is 1.75 bits per heavy atom. The molecule has 1 atom stereocenters. The fraction of sp³-hybridized carbons (Fsp3) is 0.818. The first kappa shape index (κ1) is 19.6. The highest BCUT2D eigenvalue weighted by Crippen LogP contribution is 2.49. The van der Waals surface area contributed by atoms with Crippen LogP contribution in [0.2, 0.25) is 0 Å². The fourth-order valence-corrected chi connectivity index (χ4v) is 3.33. The fourth-order valence-electron chi connectivity index (χ4n) is 1.39. The van der Waals surface area contributed by atoms with Gasteiger partial charge in [0.25, 0.3) is 10.1 Å². The second kappa shape index (κ2) is 9.50. The summed E-state index contributed by atoms with van der Waals surface area (Å²) in [6, 6.07) is 0. The molecule has 0 heterocycles. The van der Waals surface area contributed by atoms with E-state index in [-0.39, 0.29) is 26.2 Å². The summed E-state index contributed by atoms with van der Waals surface area (Å²) in [6.07, 6.45) is 0.185. The highest BCUT2D eigenvalue weighted by molar-refractivity contribution is 7.85. The maximum absolute atomic E-state index is 12.0. The van der Waals surface area contributed by atoms with Crippen LogP contribution in [0.1, 0.15) is 27.2 Å². The monoisotopic (exact) mass is 328 g/mol. The van der Waals surface area contributed by atoms with Gasteiger partial charge in [0.1, 0.15) is 0 Å². The lowest BCUT2D eigenvalue weighted by atomic mass is 10.1. The Hall–Kier alpha value is -0.420. The summed E-state index contributed by atoms with van der Waals surface area (Å²) in [5.74, 6) is 4.12. The van der Waals surface area contributed by atoms with E-state index in [2.05, 4.69) is 11.8 Å². The summed E-state index contributed by atoms with van der Waals surface area (Å²) in [7, 11) is -7.73. The molecule has 1 N–H and O–H groups in total.